The molecule has 0 radical (unpaired) electrons. The topological polar surface area (TPSA) is 48.9 Å². The Morgan fingerprint density at radius 3 is 2.38 bits per heavy atom. The fraction of sp³-hybridized carbons (Fsp3) is 0.667. The molecule has 0 saturated heterocycles. The van der Waals surface area contributed by atoms with Gasteiger partial charge in [0.15, 0.2) is 5.96 Å². The molecule has 0 saturated carbocycles. The first-order valence-corrected chi connectivity index (χ1v) is 10.1. The van der Waals surface area contributed by atoms with Crippen LogP contribution in [0.25, 0.3) is 0 Å². The Bertz CT molecular complexity index is 474. The molecule has 5 nitrogen and oxygen atoms in total. The SMILES string of the molecule is CCNC(=NCC(c1ccccc1)N(CC)CC)NCCCCCOC. The second-order valence-electron chi connectivity index (χ2n) is 6.35. The van der Waals surface area contributed by atoms with E-state index >= 15 is 0 Å². The Morgan fingerprint density at radius 2 is 1.77 bits per heavy atom. The molecule has 0 aliphatic rings. The van der Waals surface area contributed by atoms with Gasteiger partial charge >= 0.3 is 0 Å². The van der Waals surface area contributed by atoms with Crippen LogP contribution in [-0.2, 0) is 4.74 Å². The molecule has 0 bridgehead atoms. The van der Waals surface area contributed by atoms with E-state index in [-0.39, 0.29) is 0 Å². The van der Waals surface area contributed by atoms with Crippen LogP contribution in [0.15, 0.2) is 35.3 Å². The van der Waals surface area contributed by atoms with Crippen LogP contribution in [0, 0.1) is 0 Å². The summed E-state index contributed by atoms with van der Waals surface area (Å²) in [7, 11) is 1.76. The lowest BCUT2D eigenvalue weighted by molar-refractivity contribution is 0.192. The minimum atomic E-state index is 0.309. The number of nitrogens with zero attached hydrogens (tertiary/aromatic N) is 2. The number of rotatable bonds is 13. The number of hydrogen-bond acceptors (Lipinski definition) is 3. The van der Waals surface area contributed by atoms with E-state index in [2.05, 4.69) is 66.6 Å². The molecule has 0 heterocycles. The molecular weight excluding hydrogens is 324 g/mol. The molecule has 1 rings (SSSR count). The molecule has 2 N–H and O–H groups in total. The monoisotopic (exact) mass is 362 g/mol. The van der Waals surface area contributed by atoms with Crippen molar-refractivity contribution in [2.45, 2.75) is 46.1 Å². The fourth-order valence-electron chi connectivity index (χ4n) is 3.05. The summed E-state index contributed by atoms with van der Waals surface area (Å²) >= 11 is 0. The standard InChI is InChI=1S/C21H38N4O/c1-5-22-21(23-16-12-9-13-17-26-4)24-18-20(25(6-2)7-3)19-14-10-8-11-15-19/h8,10-11,14-15,20H,5-7,9,12-13,16-18H2,1-4H3,(H2,22,23,24). The van der Waals surface area contributed by atoms with E-state index in [0.29, 0.717) is 6.04 Å². The van der Waals surface area contributed by atoms with E-state index in [9.17, 15) is 0 Å². The predicted octanol–water partition coefficient (Wildman–Crippen LogP) is 3.44. The molecule has 5 heteroatoms. The van der Waals surface area contributed by atoms with Crippen molar-refractivity contribution in [1.29, 1.82) is 0 Å². The van der Waals surface area contributed by atoms with Crippen molar-refractivity contribution in [3.63, 3.8) is 0 Å². The van der Waals surface area contributed by atoms with Gasteiger partial charge in [-0.05, 0) is 44.8 Å². The number of nitrogens with one attached hydrogen (secondary N) is 2. The normalized spacial score (nSPS) is 13.0. The summed E-state index contributed by atoms with van der Waals surface area (Å²) in [6.07, 6.45) is 3.42. The second kappa shape index (κ2) is 14.6. The molecule has 0 aliphatic heterocycles. The van der Waals surface area contributed by atoms with Crippen molar-refractivity contribution >= 4 is 5.96 Å². The van der Waals surface area contributed by atoms with Crippen molar-refractivity contribution in [3.05, 3.63) is 35.9 Å². The van der Waals surface area contributed by atoms with Gasteiger partial charge in [0.2, 0.25) is 0 Å². The van der Waals surface area contributed by atoms with Gasteiger partial charge in [-0.15, -0.1) is 0 Å². The number of unbranched alkanes of at least 4 members (excludes halogenated alkanes) is 2. The van der Waals surface area contributed by atoms with Crippen molar-refractivity contribution < 1.29 is 4.74 Å². The molecule has 0 spiro atoms. The second-order valence-corrected chi connectivity index (χ2v) is 6.35. The summed E-state index contributed by atoms with van der Waals surface area (Å²) in [6.45, 7) is 12.0. The Kier molecular flexibility index (Phi) is 12.6. The van der Waals surface area contributed by atoms with Gasteiger partial charge in [0.05, 0.1) is 12.6 Å². The molecule has 0 aliphatic carbocycles. The summed E-state index contributed by atoms with van der Waals surface area (Å²) in [5, 5.41) is 6.82. The molecule has 1 aromatic carbocycles. The number of guanidine groups is 1. The highest BCUT2D eigenvalue weighted by molar-refractivity contribution is 5.79. The first-order chi connectivity index (χ1) is 12.8. The lowest BCUT2D eigenvalue weighted by Gasteiger charge is -2.29. The average Bonchev–Trinajstić information content (AvgIpc) is 2.68. The van der Waals surface area contributed by atoms with Crippen molar-refractivity contribution in [2.75, 3.05) is 46.4 Å². The summed E-state index contributed by atoms with van der Waals surface area (Å²) < 4.78 is 5.10. The lowest BCUT2D eigenvalue weighted by Crippen LogP contribution is -2.39. The number of likely N-dealkylation sites (N-methyl/N-ethyl adjacent to an activating group) is 1. The van der Waals surface area contributed by atoms with Gasteiger partial charge in [0, 0.05) is 26.8 Å². The first-order valence-electron chi connectivity index (χ1n) is 10.1. The van der Waals surface area contributed by atoms with E-state index in [4.69, 9.17) is 9.73 Å². The molecule has 1 atom stereocenters. The van der Waals surface area contributed by atoms with Gasteiger partial charge in [0.1, 0.15) is 0 Å². The smallest absolute Gasteiger partial charge is 0.191 e. The summed E-state index contributed by atoms with van der Waals surface area (Å²) in [5.74, 6) is 0.910. The fourth-order valence-corrected chi connectivity index (χ4v) is 3.05. The number of hydrogen-bond donors (Lipinski definition) is 2. The molecule has 1 aromatic rings. The van der Waals surface area contributed by atoms with Crippen LogP contribution in [-0.4, -0.2) is 57.3 Å². The van der Waals surface area contributed by atoms with Crippen LogP contribution in [0.3, 0.4) is 0 Å². The highest BCUT2D eigenvalue weighted by atomic mass is 16.5. The molecule has 26 heavy (non-hydrogen) atoms. The highest BCUT2D eigenvalue weighted by Gasteiger charge is 2.17. The predicted molar refractivity (Wildman–Crippen MR) is 112 cm³/mol. The molecule has 148 valence electrons. The van der Waals surface area contributed by atoms with E-state index < -0.39 is 0 Å². The van der Waals surface area contributed by atoms with Gasteiger partial charge in [-0.2, -0.15) is 0 Å². The zero-order valence-electron chi connectivity index (χ0n) is 17.1. The molecular formula is C21H38N4O. The Hall–Kier alpha value is -1.59. The number of benzene rings is 1. The van der Waals surface area contributed by atoms with Crippen LogP contribution in [0.5, 0.6) is 0 Å². The summed E-state index contributed by atoms with van der Waals surface area (Å²) in [4.78, 5) is 7.33. The number of aliphatic imine (C=N–C) groups is 1. The quantitative estimate of drug-likeness (QED) is 0.321. The third-order valence-electron chi connectivity index (χ3n) is 4.52. The lowest BCUT2D eigenvalue weighted by atomic mass is 10.1. The largest absolute Gasteiger partial charge is 0.385 e. The van der Waals surface area contributed by atoms with Crippen molar-refractivity contribution in [1.82, 2.24) is 15.5 Å². The van der Waals surface area contributed by atoms with E-state index in [1.807, 2.05) is 0 Å². The third kappa shape index (κ3) is 8.68. The first kappa shape index (κ1) is 22.5. The molecule has 0 aromatic heterocycles. The number of methoxy groups -OCH3 is 1. The Labute approximate surface area is 160 Å². The van der Waals surface area contributed by atoms with E-state index in [0.717, 1.165) is 58.1 Å². The van der Waals surface area contributed by atoms with Gasteiger partial charge in [-0.1, -0.05) is 44.2 Å². The van der Waals surface area contributed by atoms with E-state index in [1.165, 1.54) is 12.0 Å². The van der Waals surface area contributed by atoms with Crippen molar-refractivity contribution in [2.24, 2.45) is 4.99 Å². The van der Waals surface area contributed by atoms with Gasteiger partial charge in [-0.3, -0.25) is 9.89 Å². The molecule has 1 unspecified atom stereocenters. The average molecular weight is 363 g/mol. The molecule has 0 fully saturated rings. The minimum absolute atomic E-state index is 0.309. The maximum absolute atomic E-state index is 5.10. The maximum Gasteiger partial charge on any atom is 0.191 e. The van der Waals surface area contributed by atoms with Crippen LogP contribution < -0.4 is 10.6 Å². The van der Waals surface area contributed by atoms with Gasteiger partial charge in [0.25, 0.3) is 0 Å². The highest BCUT2D eigenvalue weighted by Crippen LogP contribution is 2.20. The molecule has 0 amide bonds. The van der Waals surface area contributed by atoms with Crippen LogP contribution in [0.2, 0.25) is 0 Å². The van der Waals surface area contributed by atoms with Crippen molar-refractivity contribution in [3.8, 4) is 0 Å². The Balaban J connectivity index is 2.66. The van der Waals surface area contributed by atoms with Crippen LogP contribution in [0.1, 0.15) is 51.6 Å². The maximum atomic E-state index is 5.10. The van der Waals surface area contributed by atoms with Gasteiger partial charge < -0.3 is 15.4 Å². The summed E-state index contributed by atoms with van der Waals surface area (Å²) in [6, 6.07) is 11.0. The Morgan fingerprint density at radius 1 is 1.04 bits per heavy atom. The zero-order valence-corrected chi connectivity index (χ0v) is 17.1. The van der Waals surface area contributed by atoms with Crippen LogP contribution in [0.4, 0.5) is 0 Å². The van der Waals surface area contributed by atoms with E-state index in [1.54, 1.807) is 7.11 Å². The number of ether oxygens (including phenoxy) is 1. The minimum Gasteiger partial charge on any atom is -0.385 e. The zero-order chi connectivity index (χ0) is 19.0. The van der Waals surface area contributed by atoms with Crippen LogP contribution >= 0.6 is 0 Å². The van der Waals surface area contributed by atoms with Gasteiger partial charge in [-0.25, -0.2) is 0 Å². The summed E-state index contributed by atoms with van der Waals surface area (Å²) in [5.41, 5.74) is 1.33. The third-order valence-corrected chi connectivity index (χ3v) is 4.52.